The lowest BCUT2D eigenvalue weighted by molar-refractivity contribution is 0.0996. The Kier molecular flexibility index (Phi) is 2.29. The van der Waals surface area contributed by atoms with Crippen molar-refractivity contribution in [2.75, 3.05) is 10.6 Å². The Bertz CT molecular complexity index is 315. The number of anilines is 2. The first kappa shape index (κ1) is 8.54. The van der Waals surface area contributed by atoms with Crippen molar-refractivity contribution in [3.8, 4) is 0 Å². The molecule has 1 aromatic heterocycles. The van der Waals surface area contributed by atoms with Gasteiger partial charge < -0.3 is 11.5 Å². The number of carbonyl (C=O) groups is 1. The Morgan fingerprint density at radius 3 is 2.75 bits per heavy atom. The normalized spacial score (nSPS) is 9.42. The highest BCUT2D eigenvalue weighted by molar-refractivity contribution is 6.23. The summed E-state index contributed by atoms with van der Waals surface area (Å²) in [5.41, 5.74) is 10.2. The Labute approximate surface area is 73.0 Å². The molecule has 1 amide bonds. The van der Waals surface area contributed by atoms with Gasteiger partial charge in [-0.25, -0.2) is 9.97 Å². The van der Waals surface area contributed by atoms with Crippen LogP contribution in [-0.4, -0.2) is 15.9 Å². The third-order valence-corrected chi connectivity index (χ3v) is 1.32. The maximum absolute atomic E-state index is 10.6. The Morgan fingerprint density at radius 2 is 2.33 bits per heavy atom. The number of hydrogen-bond donors (Lipinski definition) is 3. The molecule has 6 nitrogen and oxygen atoms in total. The monoisotopic (exact) mass is 187 g/mol. The maximum atomic E-state index is 10.6. The minimum absolute atomic E-state index is 0.0480. The maximum Gasteiger partial charge on any atom is 0.271 e. The van der Waals surface area contributed by atoms with Crippen molar-refractivity contribution in [2.24, 2.45) is 5.73 Å². The average Bonchev–Trinajstić information content (AvgIpc) is 2.03. The molecule has 0 aliphatic heterocycles. The highest BCUT2D eigenvalue weighted by Crippen LogP contribution is 2.08. The molecular formula is C5H6ClN5O. The standard InChI is InChI=1S/C5H6ClN5O/c6-11-2-1-9-3(5(8)12)4(7)10-2/h1H,(H2,8,12)(H3,7,10,11). The number of nitrogens with two attached hydrogens (primary N) is 2. The van der Waals surface area contributed by atoms with Gasteiger partial charge in [0.25, 0.3) is 5.91 Å². The number of halogens is 1. The van der Waals surface area contributed by atoms with Gasteiger partial charge in [-0.1, -0.05) is 0 Å². The number of nitrogens with one attached hydrogen (secondary N) is 1. The second kappa shape index (κ2) is 3.22. The number of aromatic nitrogens is 2. The van der Waals surface area contributed by atoms with E-state index in [0.717, 1.165) is 0 Å². The van der Waals surface area contributed by atoms with Crippen LogP contribution >= 0.6 is 11.8 Å². The summed E-state index contributed by atoms with van der Waals surface area (Å²) in [6, 6.07) is 0. The van der Waals surface area contributed by atoms with Gasteiger partial charge in [0.1, 0.15) is 0 Å². The van der Waals surface area contributed by atoms with E-state index < -0.39 is 5.91 Å². The molecule has 0 bridgehead atoms. The minimum atomic E-state index is -0.721. The van der Waals surface area contributed by atoms with E-state index in [4.69, 9.17) is 23.2 Å². The van der Waals surface area contributed by atoms with E-state index in [1.807, 2.05) is 0 Å². The van der Waals surface area contributed by atoms with E-state index in [0.29, 0.717) is 0 Å². The predicted octanol–water partition coefficient (Wildman–Crippen LogP) is -0.277. The molecule has 0 aliphatic carbocycles. The molecule has 1 heterocycles. The van der Waals surface area contributed by atoms with E-state index in [9.17, 15) is 4.79 Å². The second-order valence-electron chi connectivity index (χ2n) is 1.95. The molecule has 0 saturated heterocycles. The van der Waals surface area contributed by atoms with Crippen LogP contribution in [0.5, 0.6) is 0 Å². The molecule has 0 spiro atoms. The van der Waals surface area contributed by atoms with Gasteiger partial charge in [0.05, 0.1) is 6.20 Å². The predicted molar refractivity (Wildman–Crippen MR) is 44.4 cm³/mol. The number of hydrogen-bond acceptors (Lipinski definition) is 5. The van der Waals surface area contributed by atoms with Gasteiger partial charge in [0.15, 0.2) is 17.3 Å². The van der Waals surface area contributed by atoms with Crippen LogP contribution in [0.2, 0.25) is 0 Å². The molecule has 7 heteroatoms. The second-order valence-corrected chi connectivity index (χ2v) is 2.14. The van der Waals surface area contributed by atoms with Crippen molar-refractivity contribution < 1.29 is 4.79 Å². The third-order valence-electron chi connectivity index (χ3n) is 1.13. The van der Waals surface area contributed by atoms with Crippen LogP contribution in [0.3, 0.4) is 0 Å². The zero-order valence-electron chi connectivity index (χ0n) is 5.91. The molecule has 0 atom stereocenters. The molecule has 64 valence electrons. The summed E-state index contributed by atoms with van der Waals surface area (Å²) >= 11 is 5.21. The van der Waals surface area contributed by atoms with E-state index in [-0.39, 0.29) is 17.3 Å². The zero-order valence-corrected chi connectivity index (χ0v) is 6.67. The molecule has 1 rings (SSSR count). The average molecular weight is 188 g/mol. The van der Waals surface area contributed by atoms with Crippen LogP contribution in [0.15, 0.2) is 6.20 Å². The van der Waals surface area contributed by atoms with Gasteiger partial charge in [0, 0.05) is 11.8 Å². The summed E-state index contributed by atoms with van der Waals surface area (Å²) in [5, 5.41) is 0. The van der Waals surface area contributed by atoms with Gasteiger partial charge in [-0.05, 0) is 0 Å². The lowest BCUT2D eigenvalue weighted by atomic mass is 10.4. The molecule has 0 radical (unpaired) electrons. The first-order valence-electron chi connectivity index (χ1n) is 2.94. The third kappa shape index (κ3) is 1.54. The summed E-state index contributed by atoms with van der Waals surface area (Å²) in [5.74, 6) is -0.506. The molecular weight excluding hydrogens is 182 g/mol. The van der Waals surface area contributed by atoms with Gasteiger partial charge in [-0.3, -0.25) is 9.63 Å². The molecule has 0 saturated carbocycles. The van der Waals surface area contributed by atoms with E-state index >= 15 is 0 Å². The van der Waals surface area contributed by atoms with Crippen molar-refractivity contribution >= 4 is 29.3 Å². The largest absolute Gasteiger partial charge is 0.382 e. The van der Waals surface area contributed by atoms with E-state index in [1.54, 1.807) is 0 Å². The highest BCUT2D eigenvalue weighted by Gasteiger charge is 2.08. The molecule has 1 aromatic rings. The SMILES string of the molecule is NC(=O)c1ncc(NCl)nc1N. The molecule has 5 N–H and O–H groups in total. The lowest BCUT2D eigenvalue weighted by Crippen LogP contribution is -2.16. The van der Waals surface area contributed by atoms with Crippen LogP contribution < -0.4 is 16.3 Å². The quantitative estimate of drug-likeness (QED) is 0.552. The van der Waals surface area contributed by atoms with Crippen molar-refractivity contribution in [2.45, 2.75) is 0 Å². The summed E-state index contributed by atoms with van der Waals surface area (Å²) < 4.78 is 0. The Balaban J connectivity index is 3.12. The molecule has 0 aliphatic rings. The van der Waals surface area contributed by atoms with Gasteiger partial charge in [-0.15, -0.1) is 0 Å². The Morgan fingerprint density at radius 1 is 1.67 bits per heavy atom. The fourth-order valence-electron chi connectivity index (χ4n) is 0.639. The van der Waals surface area contributed by atoms with Crippen molar-refractivity contribution in [1.82, 2.24) is 9.97 Å². The summed E-state index contributed by atoms with van der Waals surface area (Å²) in [7, 11) is 0. The highest BCUT2D eigenvalue weighted by atomic mass is 35.5. The lowest BCUT2D eigenvalue weighted by Gasteiger charge is -2.00. The fourth-order valence-corrected chi connectivity index (χ4v) is 0.730. The number of nitrogens with zero attached hydrogens (tertiary/aromatic N) is 2. The number of carbonyl (C=O) groups excluding carboxylic acids is 1. The molecule has 0 unspecified atom stereocenters. The summed E-state index contributed by atoms with van der Waals surface area (Å²) in [4.78, 5) is 20.1. The van der Waals surface area contributed by atoms with Crippen molar-refractivity contribution in [3.63, 3.8) is 0 Å². The first-order chi connectivity index (χ1) is 5.65. The molecule has 0 fully saturated rings. The summed E-state index contributed by atoms with van der Waals surface area (Å²) in [6.45, 7) is 0. The van der Waals surface area contributed by atoms with E-state index in [2.05, 4.69) is 14.8 Å². The van der Waals surface area contributed by atoms with Crippen LogP contribution in [0.25, 0.3) is 0 Å². The number of rotatable bonds is 2. The minimum Gasteiger partial charge on any atom is -0.382 e. The van der Waals surface area contributed by atoms with Gasteiger partial charge in [0.2, 0.25) is 0 Å². The van der Waals surface area contributed by atoms with E-state index in [1.165, 1.54) is 6.20 Å². The van der Waals surface area contributed by atoms with Crippen LogP contribution in [-0.2, 0) is 0 Å². The fraction of sp³-hybridized carbons (Fsp3) is 0. The van der Waals surface area contributed by atoms with Crippen molar-refractivity contribution in [3.05, 3.63) is 11.9 Å². The number of nitrogen functional groups attached to an aromatic ring is 1. The van der Waals surface area contributed by atoms with Crippen LogP contribution in [0, 0.1) is 0 Å². The number of primary amides is 1. The van der Waals surface area contributed by atoms with Gasteiger partial charge >= 0.3 is 0 Å². The van der Waals surface area contributed by atoms with Gasteiger partial charge in [-0.2, -0.15) is 0 Å². The molecule has 12 heavy (non-hydrogen) atoms. The smallest absolute Gasteiger partial charge is 0.271 e. The van der Waals surface area contributed by atoms with Crippen LogP contribution in [0.4, 0.5) is 11.6 Å². The number of amides is 1. The van der Waals surface area contributed by atoms with Crippen molar-refractivity contribution in [1.29, 1.82) is 0 Å². The summed E-state index contributed by atoms with van der Waals surface area (Å²) in [6.07, 6.45) is 1.25. The van der Waals surface area contributed by atoms with Crippen LogP contribution in [0.1, 0.15) is 10.5 Å². The topological polar surface area (TPSA) is 107 Å². The Hall–Kier alpha value is -1.56. The zero-order chi connectivity index (χ0) is 9.14. The molecule has 0 aromatic carbocycles. The first-order valence-corrected chi connectivity index (χ1v) is 3.32.